The van der Waals surface area contributed by atoms with Gasteiger partial charge in [0.15, 0.2) is 17.5 Å². The second kappa shape index (κ2) is 13.0. The summed E-state index contributed by atoms with van der Waals surface area (Å²) >= 11 is 0. The predicted octanol–water partition coefficient (Wildman–Crippen LogP) is 13.7. The van der Waals surface area contributed by atoms with Crippen LogP contribution in [0.25, 0.3) is 111 Å². The Hall–Kier alpha value is -7.63. The van der Waals surface area contributed by atoms with Gasteiger partial charge in [0.05, 0.1) is 0 Å². The maximum absolute atomic E-state index is 6.50. The molecule has 0 aliphatic heterocycles. The van der Waals surface area contributed by atoms with Gasteiger partial charge in [0.25, 0.3) is 0 Å². The van der Waals surface area contributed by atoms with E-state index < -0.39 is 0 Å². The maximum atomic E-state index is 6.50. The first-order valence-electron chi connectivity index (χ1n) is 18.7. The lowest BCUT2D eigenvalue weighted by molar-refractivity contribution is 0.668. The van der Waals surface area contributed by atoms with E-state index in [0.29, 0.717) is 17.5 Å². The predicted molar refractivity (Wildman–Crippen MR) is 227 cm³/mol. The van der Waals surface area contributed by atoms with Crippen LogP contribution in [-0.4, -0.2) is 15.0 Å². The Labute approximate surface area is 322 Å². The lowest BCUT2D eigenvalue weighted by Crippen LogP contribution is -2.00. The number of benzene rings is 8. The Morgan fingerprint density at radius 1 is 0.268 bits per heavy atom. The van der Waals surface area contributed by atoms with Gasteiger partial charge in [-0.1, -0.05) is 146 Å². The molecule has 0 unspecified atom stereocenters. The Bertz CT molecular complexity index is 3250. The molecule has 3 heterocycles. The molecular weight excluding hydrogens is 687 g/mol. The zero-order valence-corrected chi connectivity index (χ0v) is 30.1. The topological polar surface area (TPSA) is 65.0 Å². The van der Waals surface area contributed by atoms with Crippen LogP contribution >= 0.6 is 0 Å². The van der Waals surface area contributed by atoms with Crippen molar-refractivity contribution in [3.05, 3.63) is 188 Å². The fourth-order valence-corrected chi connectivity index (χ4v) is 7.87. The molecule has 5 heteroatoms. The summed E-state index contributed by atoms with van der Waals surface area (Å²) in [6.45, 7) is 0. The summed E-state index contributed by atoms with van der Waals surface area (Å²) in [5.74, 6) is 1.73. The van der Waals surface area contributed by atoms with Gasteiger partial charge in [-0.25, -0.2) is 15.0 Å². The Morgan fingerprint density at radius 2 is 0.696 bits per heavy atom. The monoisotopic (exact) mass is 717 g/mol. The standard InChI is InChI=1S/C51H31N3O2/c1-3-13-32(14-4-1)34-17-9-18-35(29-34)36-19-10-20-37(30-36)38-27-28-44-42(31-38)48-41(23-12-26-46(48)56-44)51-53-49(33-15-5-2-6-16-33)52-50(54-51)40-22-11-25-45-47(40)39-21-7-8-24-43(39)55-45/h1-31H. The number of rotatable bonds is 6. The average Bonchev–Trinajstić information content (AvgIpc) is 3.85. The minimum absolute atomic E-state index is 0.567. The summed E-state index contributed by atoms with van der Waals surface area (Å²) in [7, 11) is 0. The van der Waals surface area contributed by atoms with Gasteiger partial charge in [0.1, 0.15) is 22.3 Å². The number of fused-ring (bicyclic) bond motifs is 6. The Balaban J connectivity index is 1.07. The zero-order valence-electron chi connectivity index (χ0n) is 30.1. The highest BCUT2D eigenvalue weighted by molar-refractivity contribution is 6.14. The Morgan fingerprint density at radius 3 is 1.32 bits per heavy atom. The first kappa shape index (κ1) is 31.9. The highest BCUT2D eigenvalue weighted by Gasteiger charge is 2.20. The molecule has 262 valence electrons. The van der Waals surface area contributed by atoms with Gasteiger partial charge in [-0.05, 0) is 75.8 Å². The van der Waals surface area contributed by atoms with Gasteiger partial charge in [-0.15, -0.1) is 0 Å². The Kier molecular flexibility index (Phi) is 7.42. The van der Waals surface area contributed by atoms with E-state index in [1.54, 1.807) is 0 Å². The van der Waals surface area contributed by atoms with Crippen LogP contribution in [0.4, 0.5) is 0 Å². The first-order valence-corrected chi connectivity index (χ1v) is 18.7. The van der Waals surface area contributed by atoms with Crippen molar-refractivity contribution in [1.82, 2.24) is 15.0 Å². The molecule has 0 fully saturated rings. The van der Waals surface area contributed by atoms with E-state index in [4.69, 9.17) is 23.8 Å². The summed E-state index contributed by atoms with van der Waals surface area (Å²) < 4.78 is 12.8. The lowest BCUT2D eigenvalue weighted by atomic mass is 9.95. The van der Waals surface area contributed by atoms with Crippen LogP contribution < -0.4 is 0 Å². The van der Waals surface area contributed by atoms with Gasteiger partial charge >= 0.3 is 0 Å². The van der Waals surface area contributed by atoms with E-state index in [1.807, 2.05) is 78.9 Å². The van der Waals surface area contributed by atoms with Crippen LogP contribution in [-0.2, 0) is 0 Å². The highest BCUT2D eigenvalue weighted by atomic mass is 16.3. The van der Waals surface area contributed by atoms with E-state index in [1.165, 1.54) is 16.7 Å². The number of hydrogen-bond acceptors (Lipinski definition) is 5. The molecule has 3 aromatic heterocycles. The van der Waals surface area contributed by atoms with E-state index in [-0.39, 0.29) is 0 Å². The van der Waals surface area contributed by atoms with E-state index in [2.05, 4.69) is 109 Å². The molecule has 0 saturated carbocycles. The molecule has 0 bridgehead atoms. The molecule has 0 spiro atoms. The minimum atomic E-state index is 0.567. The lowest BCUT2D eigenvalue weighted by Gasteiger charge is -2.10. The number of aromatic nitrogens is 3. The fraction of sp³-hybridized carbons (Fsp3) is 0. The van der Waals surface area contributed by atoms with Gasteiger partial charge < -0.3 is 8.83 Å². The van der Waals surface area contributed by atoms with Gasteiger partial charge in [0.2, 0.25) is 0 Å². The molecule has 8 aromatic carbocycles. The second-order valence-electron chi connectivity index (χ2n) is 14.0. The molecule has 0 atom stereocenters. The van der Waals surface area contributed by atoms with Crippen LogP contribution in [0.3, 0.4) is 0 Å². The third kappa shape index (κ3) is 5.45. The van der Waals surface area contributed by atoms with Crippen LogP contribution in [0.5, 0.6) is 0 Å². The van der Waals surface area contributed by atoms with Crippen LogP contribution in [0.2, 0.25) is 0 Å². The molecule has 5 nitrogen and oxygen atoms in total. The molecule has 0 N–H and O–H groups in total. The van der Waals surface area contributed by atoms with Gasteiger partial charge in [-0.3, -0.25) is 0 Å². The molecule has 0 aliphatic rings. The third-order valence-corrected chi connectivity index (χ3v) is 10.5. The van der Waals surface area contributed by atoms with Crippen molar-refractivity contribution in [1.29, 1.82) is 0 Å². The van der Waals surface area contributed by atoms with Crippen molar-refractivity contribution in [2.45, 2.75) is 0 Å². The highest BCUT2D eigenvalue weighted by Crippen LogP contribution is 2.40. The van der Waals surface area contributed by atoms with Crippen LogP contribution in [0, 0.1) is 0 Å². The first-order chi connectivity index (χ1) is 27.7. The van der Waals surface area contributed by atoms with E-state index >= 15 is 0 Å². The van der Waals surface area contributed by atoms with Crippen LogP contribution in [0.1, 0.15) is 0 Å². The average molecular weight is 718 g/mol. The third-order valence-electron chi connectivity index (χ3n) is 10.5. The molecule has 56 heavy (non-hydrogen) atoms. The fourth-order valence-electron chi connectivity index (χ4n) is 7.87. The van der Waals surface area contributed by atoms with E-state index in [0.717, 1.165) is 77.3 Å². The molecule has 0 amide bonds. The molecular formula is C51H31N3O2. The summed E-state index contributed by atoms with van der Waals surface area (Å²) in [4.78, 5) is 15.4. The largest absolute Gasteiger partial charge is 0.456 e. The molecule has 11 rings (SSSR count). The van der Waals surface area contributed by atoms with E-state index in [9.17, 15) is 0 Å². The normalized spacial score (nSPS) is 11.6. The number of para-hydroxylation sites is 1. The van der Waals surface area contributed by atoms with Crippen molar-refractivity contribution in [3.8, 4) is 67.5 Å². The summed E-state index contributed by atoms with van der Waals surface area (Å²) in [5.41, 5.74) is 12.8. The maximum Gasteiger partial charge on any atom is 0.164 e. The minimum Gasteiger partial charge on any atom is -0.456 e. The number of furan rings is 2. The van der Waals surface area contributed by atoms with Crippen molar-refractivity contribution >= 4 is 43.9 Å². The SMILES string of the molecule is c1ccc(-c2cccc(-c3cccc(-c4ccc5oc6cccc(-c7nc(-c8ccccc8)nc(-c8cccc9oc%10ccccc%10c89)n7)c6c5c4)c3)c2)cc1. The van der Waals surface area contributed by atoms with Gasteiger partial charge in [-0.2, -0.15) is 0 Å². The molecule has 11 aromatic rings. The van der Waals surface area contributed by atoms with Gasteiger partial charge in [0, 0.05) is 38.2 Å². The number of hydrogen-bond donors (Lipinski definition) is 0. The molecule has 0 aliphatic carbocycles. The van der Waals surface area contributed by atoms with Crippen molar-refractivity contribution in [2.75, 3.05) is 0 Å². The zero-order chi connectivity index (χ0) is 37.0. The van der Waals surface area contributed by atoms with Crippen molar-refractivity contribution < 1.29 is 8.83 Å². The second-order valence-corrected chi connectivity index (χ2v) is 14.0. The molecule has 0 radical (unpaired) electrons. The van der Waals surface area contributed by atoms with Crippen molar-refractivity contribution in [3.63, 3.8) is 0 Å². The smallest absolute Gasteiger partial charge is 0.164 e. The summed E-state index contributed by atoms with van der Waals surface area (Å²) in [6.07, 6.45) is 0. The summed E-state index contributed by atoms with van der Waals surface area (Å²) in [6, 6.07) is 64.7. The summed E-state index contributed by atoms with van der Waals surface area (Å²) in [5, 5.41) is 3.95. The van der Waals surface area contributed by atoms with Crippen molar-refractivity contribution in [2.24, 2.45) is 0 Å². The number of nitrogens with zero attached hydrogens (tertiary/aromatic N) is 3. The van der Waals surface area contributed by atoms with Crippen LogP contribution in [0.15, 0.2) is 197 Å². The quantitative estimate of drug-likeness (QED) is 0.171. The molecule has 0 saturated heterocycles.